The number of halogens is 1. The molecule has 0 heterocycles. The fourth-order valence-corrected chi connectivity index (χ4v) is 1.00. The van der Waals surface area contributed by atoms with E-state index in [0.717, 1.165) is 0 Å². The van der Waals surface area contributed by atoms with E-state index in [9.17, 15) is 10.1 Å². The zero-order valence-electron chi connectivity index (χ0n) is 6.22. The second-order valence-electron chi connectivity index (χ2n) is 2.08. The molecule has 0 amide bonds. The van der Waals surface area contributed by atoms with E-state index < -0.39 is 4.92 Å². The second kappa shape index (κ2) is 3.75. The molecule has 0 saturated heterocycles. The van der Waals surface area contributed by atoms with Crippen LogP contribution in [0.4, 0.5) is 11.4 Å². The predicted molar refractivity (Wildman–Crippen MR) is 46.9 cm³/mol. The van der Waals surface area contributed by atoms with Gasteiger partial charge >= 0.3 is 0 Å². The first-order valence-corrected chi connectivity index (χ1v) is 3.52. The number of azide groups is 1. The van der Waals surface area contributed by atoms with Crippen molar-refractivity contribution in [1.82, 2.24) is 0 Å². The number of nitro groups is 1. The lowest BCUT2D eigenvalue weighted by atomic mass is 10.3. The molecule has 0 atom stereocenters. The van der Waals surface area contributed by atoms with Gasteiger partial charge in [0, 0.05) is 16.7 Å². The molecule has 0 aliphatic heterocycles. The molecule has 0 saturated carbocycles. The van der Waals surface area contributed by atoms with Crippen LogP contribution < -0.4 is 0 Å². The van der Waals surface area contributed by atoms with Gasteiger partial charge < -0.3 is 0 Å². The van der Waals surface area contributed by atoms with Crippen molar-refractivity contribution >= 4 is 23.0 Å². The Morgan fingerprint density at radius 2 is 2.31 bits per heavy atom. The van der Waals surface area contributed by atoms with Crippen LogP contribution in [0.2, 0.25) is 5.02 Å². The lowest BCUT2D eigenvalue weighted by molar-refractivity contribution is -0.384. The molecule has 0 aliphatic carbocycles. The van der Waals surface area contributed by atoms with Crippen LogP contribution in [0.5, 0.6) is 0 Å². The maximum absolute atomic E-state index is 10.3. The molecule has 1 aromatic rings. The van der Waals surface area contributed by atoms with Crippen molar-refractivity contribution < 1.29 is 4.92 Å². The molecule has 0 spiro atoms. The van der Waals surface area contributed by atoms with E-state index in [1.165, 1.54) is 18.2 Å². The smallest absolute Gasteiger partial charge is 0.258 e. The van der Waals surface area contributed by atoms with Crippen LogP contribution in [0.3, 0.4) is 0 Å². The van der Waals surface area contributed by atoms with Crippen LogP contribution in [0.15, 0.2) is 23.3 Å². The quantitative estimate of drug-likeness (QED) is 0.240. The minimum Gasteiger partial charge on any atom is -0.258 e. The Morgan fingerprint density at radius 3 is 2.77 bits per heavy atom. The van der Waals surface area contributed by atoms with Gasteiger partial charge in [0.1, 0.15) is 5.02 Å². The molecule has 66 valence electrons. The maximum atomic E-state index is 10.3. The lowest BCUT2D eigenvalue weighted by Gasteiger charge is -1.94. The third kappa shape index (κ3) is 2.08. The fourth-order valence-electron chi connectivity index (χ4n) is 0.758. The molecular formula is C6H3ClN4O2. The van der Waals surface area contributed by atoms with Crippen molar-refractivity contribution in [2.75, 3.05) is 0 Å². The second-order valence-corrected chi connectivity index (χ2v) is 2.49. The number of hydrogen-bond donors (Lipinski definition) is 0. The Kier molecular flexibility index (Phi) is 2.69. The molecule has 1 aromatic carbocycles. The van der Waals surface area contributed by atoms with Gasteiger partial charge in [0.2, 0.25) is 0 Å². The minimum absolute atomic E-state index is 0.0464. The summed E-state index contributed by atoms with van der Waals surface area (Å²) in [6, 6.07) is 3.75. The molecule has 0 aliphatic rings. The van der Waals surface area contributed by atoms with Crippen molar-refractivity contribution in [3.63, 3.8) is 0 Å². The molecule has 0 bridgehead atoms. The third-order valence-electron chi connectivity index (χ3n) is 1.29. The number of hydrogen-bond acceptors (Lipinski definition) is 3. The SMILES string of the molecule is [N-]=[N+]=Nc1ccc([N+](=O)[O-])c(Cl)c1. The largest absolute Gasteiger partial charge is 0.287 e. The topological polar surface area (TPSA) is 91.9 Å². The zero-order chi connectivity index (χ0) is 9.84. The first kappa shape index (κ1) is 9.31. The van der Waals surface area contributed by atoms with Crippen LogP contribution in [0.25, 0.3) is 10.4 Å². The average Bonchev–Trinajstić information content (AvgIpc) is 2.04. The summed E-state index contributed by atoms with van der Waals surface area (Å²) in [5.74, 6) is 0. The van der Waals surface area contributed by atoms with Crippen LogP contribution in [-0.2, 0) is 0 Å². The van der Waals surface area contributed by atoms with Crippen molar-refractivity contribution in [3.05, 3.63) is 43.8 Å². The van der Waals surface area contributed by atoms with Gasteiger partial charge in [-0.1, -0.05) is 16.7 Å². The highest BCUT2D eigenvalue weighted by Crippen LogP contribution is 2.28. The minimum atomic E-state index is -0.609. The van der Waals surface area contributed by atoms with E-state index in [4.69, 9.17) is 17.1 Å². The molecule has 0 unspecified atom stereocenters. The molecule has 0 radical (unpaired) electrons. The first-order chi connectivity index (χ1) is 6.15. The van der Waals surface area contributed by atoms with Crippen molar-refractivity contribution in [2.45, 2.75) is 0 Å². The van der Waals surface area contributed by atoms with Gasteiger partial charge in [-0.2, -0.15) is 0 Å². The van der Waals surface area contributed by atoms with Gasteiger partial charge in [-0.05, 0) is 17.7 Å². The molecule has 0 N–H and O–H groups in total. The molecule has 7 heteroatoms. The molecule has 1 rings (SSSR count). The summed E-state index contributed by atoms with van der Waals surface area (Å²) in [5, 5.41) is 13.5. The molecule has 0 fully saturated rings. The van der Waals surface area contributed by atoms with Gasteiger partial charge in [0.05, 0.1) is 4.92 Å². The molecular weight excluding hydrogens is 196 g/mol. The number of rotatable bonds is 2. The highest BCUT2D eigenvalue weighted by atomic mass is 35.5. The Bertz CT molecular complexity index is 400. The summed E-state index contributed by atoms with van der Waals surface area (Å²) < 4.78 is 0. The standard InChI is InChI=1S/C6H3ClN4O2/c7-5-3-4(9-10-8)1-2-6(5)11(12)13/h1-3H. The van der Waals surface area contributed by atoms with E-state index in [1.54, 1.807) is 0 Å². The summed E-state index contributed by atoms with van der Waals surface area (Å²) in [4.78, 5) is 12.2. The van der Waals surface area contributed by atoms with E-state index in [0.29, 0.717) is 0 Å². The summed E-state index contributed by atoms with van der Waals surface area (Å²) in [6.07, 6.45) is 0. The number of benzene rings is 1. The lowest BCUT2D eigenvalue weighted by Crippen LogP contribution is -1.87. The van der Waals surface area contributed by atoms with Gasteiger partial charge in [0.15, 0.2) is 0 Å². The maximum Gasteiger partial charge on any atom is 0.287 e. The van der Waals surface area contributed by atoms with Crippen molar-refractivity contribution in [3.8, 4) is 0 Å². The predicted octanol–water partition coefficient (Wildman–Crippen LogP) is 3.19. The monoisotopic (exact) mass is 198 g/mol. The molecule has 0 aromatic heterocycles. The van der Waals surface area contributed by atoms with Gasteiger partial charge in [-0.25, -0.2) is 0 Å². The van der Waals surface area contributed by atoms with Gasteiger partial charge in [-0.3, -0.25) is 10.1 Å². The fraction of sp³-hybridized carbons (Fsp3) is 0. The van der Waals surface area contributed by atoms with Crippen molar-refractivity contribution in [2.24, 2.45) is 5.11 Å². The number of nitro benzene ring substituents is 1. The summed E-state index contributed by atoms with van der Waals surface area (Å²) >= 11 is 5.54. The van der Waals surface area contributed by atoms with Gasteiger partial charge in [-0.15, -0.1) is 0 Å². The van der Waals surface area contributed by atoms with E-state index in [2.05, 4.69) is 10.0 Å². The van der Waals surface area contributed by atoms with Crippen LogP contribution >= 0.6 is 11.6 Å². The van der Waals surface area contributed by atoms with E-state index in [1.807, 2.05) is 0 Å². The Balaban J connectivity index is 3.19. The Labute approximate surface area is 77.5 Å². The van der Waals surface area contributed by atoms with Crippen LogP contribution in [0, 0.1) is 10.1 Å². The summed E-state index contributed by atoms with van der Waals surface area (Å²) in [6.45, 7) is 0. The average molecular weight is 199 g/mol. The van der Waals surface area contributed by atoms with Crippen LogP contribution in [0.1, 0.15) is 0 Å². The van der Waals surface area contributed by atoms with Crippen LogP contribution in [-0.4, -0.2) is 4.92 Å². The van der Waals surface area contributed by atoms with Crippen molar-refractivity contribution in [1.29, 1.82) is 0 Å². The summed E-state index contributed by atoms with van der Waals surface area (Å²) in [5.41, 5.74) is 8.11. The van der Waals surface area contributed by atoms with E-state index >= 15 is 0 Å². The molecule has 13 heavy (non-hydrogen) atoms. The normalized spacial score (nSPS) is 9.00. The van der Waals surface area contributed by atoms with Gasteiger partial charge in [0.25, 0.3) is 5.69 Å². The summed E-state index contributed by atoms with van der Waals surface area (Å²) in [7, 11) is 0. The highest BCUT2D eigenvalue weighted by Gasteiger charge is 2.10. The zero-order valence-corrected chi connectivity index (χ0v) is 6.97. The first-order valence-electron chi connectivity index (χ1n) is 3.14. The highest BCUT2D eigenvalue weighted by molar-refractivity contribution is 6.32. The number of nitrogens with zero attached hydrogens (tertiary/aromatic N) is 4. The third-order valence-corrected chi connectivity index (χ3v) is 1.59. The molecule has 6 nitrogen and oxygen atoms in total. The Hall–Kier alpha value is -1.78. The Morgan fingerprint density at radius 1 is 1.62 bits per heavy atom. The van der Waals surface area contributed by atoms with E-state index in [-0.39, 0.29) is 16.4 Å².